The smallest absolute Gasteiger partial charge is 0.310 e. The van der Waals surface area contributed by atoms with E-state index < -0.39 is 11.4 Å². The summed E-state index contributed by atoms with van der Waals surface area (Å²) < 4.78 is 0. The first-order valence-electron chi connectivity index (χ1n) is 7.60. The van der Waals surface area contributed by atoms with Crippen molar-refractivity contribution in [2.24, 2.45) is 11.3 Å². The maximum absolute atomic E-state index is 11.7. The molecular weight excluding hydrogens is 226 g/mol. The standard InChI is InChI=1S/C15H27NO2/c1-3-8-15(14(17)18)9-5-10-16(11-15)13(4-2)12-6-7-12/h12-13H,3-11H2,1-2H3,(H,17,18). The second-order valence-corrected chi connectivity index (χ2v) is 6.22. The third-order valence-corrected chi connectivity index (χ3v) is 4.84. The summed E-state index contributed by atoms with van der Waals surface area (Å²) in [4.78, 5) is 14.2. The summed E-state index contributed by atoms with van der Waals surface area (Å²) in [5, 5.41) is 9.62. The largest absolute Gasteiger partial charge is 0.481 e. The Kier molecular flexibility index (Phi) is 4.31. The normalized spacial score (nSPS) is 31.2. The van der Waals surface area contributed by atoms with Crippen LogP contribution in [0.5, 0.6) is 0 Å². The minimum absolute atomic E-state index is 0.463. The zero-order valence-electron chi connectivity index (χ0n) is 11.8. The van der Waals surface area contributed by atoms with Gasteiger partial charge in [-0.1, -0.05) is 20.3 Å². The average molecular weight is 253 g/mol. The fraction of sp³-hybridized carbons (Fsp3) is 0.933. The summed E-state index contributed by atoms with van der Waals surface area (Å²) in [6.45, 7) is 6.24. The Morgan fingerprint density at radius 3 is 2.67 bits per heavy atom. The predicted molar refractivity (Wildman–Crippen MR) is 72.6 cm³/mol. The fourth-order valence-corrected chi connectivity index (χ4v) is 3.79. The number of carboxylic acid groups (broad SMARTS) is 1. The van der Waals surface area contributed by atoms with E-state index in [1.165, 1.54) is 19.3 Å². The number of carbonyl (C=O) groups is 1. The van der Waals surface area contributed by atoms with Gasteiger partial charge in [-0.05, 0) is 51.0 Å². The summed E-state index contributed by atoms with van der Waals surface area (Å²) >= 11 is 0. The van der Waals surface area contributed by atoms with Gasteiger partial charge in [0.15, 0.2) is 0 Å². The van der Waals surface area contributed by atoms with Crippen molar-refractivity contribution in [2.75, 3.05) is 13.1 Å². The van der Waals surface area contributed by atoms with E-state index in [4.69, 9.17) is 0 Å². The van der Waals surface area contributed by atoms with Gasteiger partial charge in [-0.2, -0.15) is 0 Å². The fourth-order valence-electron chi connectivity index (χ4n) is 3.79. The van der Waals surface area contributed by atoms with Crippen molar-refractivity contribution in [3.05, 3.63) is 0 Å². The van der Waals surface area contributed by atoms with Crippen LogP contribution in [-0.2, 0) is 4.79 Å². The van der Waals surface area contributed by atoms with Crippen molar-refractivity contribution in [1.82, 2.24) is 4.90 Å². The van der Waals surface area contributed by atoms with E-state index in [0.717, 1.165) is 44.7 Å². The van der Waals surface area contributed by atoms with Gasteiger partial charge in [-0.3, -0.25) is 9.69 Å². The van der Waals surface area contributed by atoms with E-state index >= 15 is 0 Å². The van der Waals surface area contributed by atoms with E-state index in [1.54, 1.807) is 0 Å². The molecule has 1 aliphatic carbocycles. The van der Waals surface area contributed by atoms with E-state index in [1.807, 2.05) is 0 Å². The summed E-state index contributed by atoms with van der Waals surface area (Å²) in [6, 6.07) is 0.640. The molecular formula is C15H27NO2. The molecule has 2 atom stereocenters. The van der Waals surface area contributed by atoms with Crippen LogP contribution in [-0.4, -0.2) is 35.1 Å². The van der Waals surface area contributed by atoms with E-state index in [-0.39, 0.29) is 0 Å². The van der Waals surface area contributed by atoms with Crippen LogP contribution in [0.3, 0.4) is 0 Å². The Labute approximate surface area is 111 Å². The van der Waals surface area contributed by atoms with Gasteiger partial charge < -0.3 is 5.11 Å². The summed E-state index contributed by atoms with van der Waals surface area (Å²) in [5.41, 5.74) is -0.463. The third-order valence-electron chi connectivity index (χ3n) is 4.84. The monoisotopic (exact) mass is 253 g/mol. The number of piperidine rings is 1. The van der Waals surface area contributed by atoms with Crippen molar-refractivity contribution in [2.45, 2.75) is 64.8 Å². The zero-order valence-corrected chi connectivity index (χ0v) is 11.8. The number of nitrogens with zero attached hydrogens (tertiary/aromatic N) is 1. The molecule has 2 aliphatic rings. The summed E-state index contributed by atoms with van der Waals surface area (Å²) in [7, 11) is 0. The minimum Gasteiger partial charge on any atom is -0.481 e. The lowest BCUT2D eigenvalue weighted by Crippen LogP contribution is -2.51. The first kappa shape index (κ1) is 13.9. The number of hydrogen-bond acceptors (Lipinski definition) is 2. The topological polar surface area (TPSA) is 40.5 Å². The highest BCUT2D eigenvalue weighted by atomic mass is 16.4. The molecule has 0 spiro atoms. The Balaban J connectivity index is 2.07. The molecule has 104 valence electrons. The molecule has 0 bridgehead atoms. The molecule has 1 N–H and O–H groups in total. The Morgan fingerprint density at radius 1 is 1.44 bits per heavy atom. The van der Waals surface area contributed by atoms with Gasteiger partial charge in [0.2, 0.25) is 0 Å². The first-order valence-corrected chi connectivity index (χ1v) is 7.60. The number of aliphatic carboxylic acids is 1. The molecule has 1 aliphatic heterocycles. The molecule has 3 heteroatoms. The van der Waals surface area contributed by atoms with Crippen LogP contribution in [0.25, 0.3) is 0 Å². The predicted octanol–water partition coefficient (Wildman–Crippen LogP) is 3.14. The van der Waals surface area contributed by atoms with Crippen molar-refractivity contribution in [1.29, 1.82) is 0 Å². The highest BCUT2D eigenvalue weighted by Crippen LogP contribution is 2.42. The number of rotatable bonds is 6. The molecule has 0 aromatic heterocycles. The zero-order chi connectivity index (χ0) is 13.2. The maximum Gasteiger partial charge on any atom is 0.310 e. The van der Waals surface area contributed by atoms with Gasteiger partial charge in [0.1, 0.15) is 0 Å². The van der Waals surface area contributed by atoms with Crippen molar-refractivity contribution < 1.29 is 9.90 Å². The summed E-state index contributed by atoms with van der Waals surface area (Å²) in [6.07, 6.45) is 7.60. The lowest BCUT2D eigenvalue weighted by atomic mass is 9.75. The molecule has 0 aromatic rings. The molecule has 1 saturated carbocycles. The molecule has 3 nitrogen and oxygen atoms in total. The van der Waals surface area contributed by atoms with E-state index in [2.05, 4.69) is 18.7 Å². The minimum atomic E-state index is -0.570. The Morgan fingerprint density at radius 2 is 2.17 bits per heavy atom. The van der Waals surface area contributed by atoms with E-state index in [9.17, 15) is 9.90 Å². The molecule has 1 saturated heterocycles. The van der Waals surface area contributed by atoms with Crippen LogP contribution >= 0.6 is 0 Å². The van der Waals surface area contributed by atoms with Crippen LogP contribution in [0, 0.1) is 11.3 Å². The second kappa shape index (κ2) is 5.60. The van der Waals surface area contributed by atoms with Crippen molar-refractivity contribution >= 4 is 5.97 Å². The highest BCUT2D eigenvalue weighted by molar-refractivity contribution is 5.75. The Bertz CT molecular complexity index is 297. The molecule has 0 radical (unpaired) electrons. The van der Waals surface area contributed by atoms with Crippen LogP contribution < -0.4 is 0 Å². The molecule has 2 rings (SSSR count). The number of likely N-dealkylation sites (tertiary alicyclic amines) is 1. The second-order valence-electron chi connectivity index (χ2n) is 6.22. The number of carboxylic acids is 1. The molecule has 2 unspecified atom stereocenters. The van der Waals surface area contributed by atoms with Crippen LogP contribution in [0.1, 0.15) is 58.8 Å². The van der Waals surface area contributed by atoms with Crippen molar-refractivity contribution in [3.8, 4) is 0 Å². The molecule has 0 amide bonds. The van der Waals surface area contributed by atoms with Crippen molar-refractivity contribution in [3.63, 3.8) is 0 Å². The summed E-state index contributed by atoms with van der Waals surface area (Å²) in [5.74, 6) is 0.279. The maximum atomic E-state index is 11.7. The average Bonchev–Trinajstić information content (AvgIpc) is 3.15. The van der Waals surface area contributed by atoms with Crippen LogP contribution in [0.4, 0.5) is 0 Å². The van der Waals surface area contributed by atoms with Gasteiger partial charge in [0.25, 0.3) is 0 Å². The number of hydrogen-bond donors (Lipinski definition) is 1. The van der Waals surface area contributed by atoms with Gasteiger partial charge in [-0.15, -0.1) is 0 Å². The highest BCUT2D eigenvalue weighted by Gasteiger charge is 2.45. The van der Waals surface area contributed by atoms with E-state index in [0.29, 0.717) is 6.04 Å². The molecule has 0 aromatic carbocycles. The van der Waals surface area contributed by atoms with Gasteiger partial charge in [0, 0.05) is 12.6 Å². The van der Waals surface area contributed by atoms with Crippen LogP contribution in [0.15, 0.2) is 0 Å². The molecule has 1 heterocycles. The van der Waals surface area contributed by atoms with Gasteiger partial charge in [0.05, 0.1) is 5.41 Å². The SMILES string of the molecule is CCCC1(C(=O)O)CCCN(C(CC)C2CC2)C1. The molecule has 2 fully saturated rings. The van der Waals surface area contributed by atoms with Gasteiger partial charge >= 0.3 is 5.97 Å². The Hall–Kier alpha value is -0.570. The first-order chi connectivity index (χ1) is 8.63. The third kappa shape index (κ3) is 2.71. The van der Waals surface area contributed by atoms with Crippen LogP contribution in [0.2, 0.25) is 0 Å². The van der Waals surface area contributed by atoms with Gasteiger partial charge in [-0.25, -0.2) is 0 Å². The lowest BCUT2D eigenvalue weighted by Gasteiger charge is -2.43. The molecule has 18 heavy (non-hydrogen) atoms. The quantitative estimate of drug-likeness (QED) is 0.790. The lowest BCUT2D eigenvalue weighted by molar-refractivity contribution is -0.154.